The van der Waals surface area contributed by atoms with Gasteiger partial charge >= 0.3 is 0 Å². The number of nitrogens with one attached hydrogen (secondary N) is 1. The molecule has 0 aromatic heterocycles. The number of allylic oxidation sites excluding steroid dienone is 1. The summed E-state index contributed by atoms with van der Waals surface area (Å²) in [6.07, 6.45) is 4.25. The smallest absolute Gasteiger partial charge is 0.126 e. The molecule has 1 atom stereocenters. The molecule has 1 aromatic carbocycles. The summed E-state index contributed by atoms with van der Waals surface area (Å²) >= 11 is 0. The molecule has 100 valence electrons. The summed E-state index contributed by atoms with van der Waals surface area (Å²) in [7, 11) is 0. The van der Waals surface area contributed by atoms with Gasteiger partial charge in [0.1, 0.15) is 11.9 Å². The molecule has 1 N–H and O–H groups in total. The van der Waals surface area contributed by atoms with Gasteiger partial charge in [-0.15, -0.1) is 0 Å². The van der Waals surface area contributed by atoms with E-state index in [0.717, 1.165) is 17.9 Å². The van der Waals surface area contributed by atoms with E-state index in [1.165, 1.54) is 0 Å². The second-order valence-electron chi connectivity index (χ2n) is 5.60. The van der Waals surface area contributed by atoms with Gasteiger partial charge < -0.3 is 10.1 Å². The van der Waals surface area contributed by atoms with E-state index in [-0.39, 0.29) is 11.6 Å². The molecule has 0 fully saturated rings. The number of benzene rings is 1. The summed E-state index contributed by atoms with van der Waals surface area (Å²) < 4.78 is 5.98. The Hall–Kier alpha value is -1.28. The van der Waals surface area contributed by atoms with Crippen molar-refractivity contribution in [2.45, 2.75) is 46.3 Å². The van der Waals surface area contributed by atoms with Crippen LogP contribution in [0.1, 0.15) is 40.2 Å². The molecule has 0 saturated heterocycles. The molecule has 0 radical (unpaired) electrons. The minimum atomic E-state index is 0.125. The minimum absolute atomic E-state index is 0.125. The molecule has 0 aliphatic heterocycles. The average molecular weight is 247 g/mol. The Morgan fingerprint density at radius 2 is 1.94 bits per heavy atom. The molecule has 0 heterocycles. The lowest BCUT2D eigenvalue weighted by molar-refractivity contribution is 0.203. The summed E-state index contributed by atoms with van der Waals surface area (Å²) in [5, 5.41) is 3.45. The predicted molar refractivity (Wildman–Crippen MR) is 79.0 cm³/mol. The van der Waals surface area contributed by atoms with E-state index in [0.29, 0.717) is 0 Å². The molecular formula is C16H25NO. The Balaban J connectivity index is 2.61. The molecule has 0 bridgehead atoms. The minimum Gasteiger partial charge on any atom is -0.489 e. The largest absolute Gasteiger partial charge is 0.489 e. The number of rotatable bonds is 5. The van der Waals surface area contributed by atoms with E-state index in [1.807, 2.05) is 31.2 Å². The Kier molecular flexibility index (Phi) is 5.42. The van der Waals surface area contributed by atoms with Gasteiger partial charge in [-0.05, 0) is 40.7 Å². The number of hydrogen-bond donors (Lipinski definition) is 1. The molecule has 1 aromatic rings. The monoisotopic (exact) mass is 247 g/mol. The highest BCUT2D eigenvalue weighted by molar-refractivity contribution is 5.56. The Morgan fingerprint density at radius 3 is 2.56 bits per heavy atom. The zero-order valence-electron chi connectivity index (χ0n) is 12.2. The molecule has 1 unspecified atom stereocenters. The molecule has 0 aliphatic rings. The third-order valence-corrected chi connectivity index (χ3v) is 2.51. The van der Waals surface area contributed by atoms with Crippen molar-refractivity contribution in [2.24, 2.45) is 0 Å². The van der Waals surface area contributed by atoms with Crippen molar-refractivity contribution in [1.82, 2.24) is 5.32 Å². The lowest BCUT2D eigenvalue weighted by Crippen LogP contribution is -2.41. The van der Waals surface area contributed by atoms with E-state index in [9.17, 15) is 0 Å². The van der Waals surface area contributed by atoms with Crippen molar-refractivity contribution in [3.8, 4) is 5.75 Å². The van der Waals surface area contributed by atoms with Crippen LogP contribution in [-0.2, 0) is 0 Å². The summed E-state index contributed by atoms with van der Waals surface area (Å²) in [5.74, 6) is 0.943. The molecule has 2 nitrogen and oxygen atoms in total. The first kappa shape index (κ1) is 14.8. The fraction of sp³-hybridized carbons (Fsp3) is 0.500. The van der Waals surface area contributed by atoms with Gasteiger partial charge in [-0.1, -0.05) is 30.4 Å². The quantitative estimate of drug-likeness (QED) is 0.852. The van der Waals surface area contributed by atoms with Crippen molar-refractivity contribution >= 4 is 6.08 Å². The van der Waals surface area contributed by atoms with Crippen LogP contribution in [0.3, 0.4) is 0 Å². The Morgan fingerprint density at radius 1 is 1.28 bits per heavy atom. The van der Waals surface area contributed by atoms with Crippen LogP contribution >= 0.6 is 0 Å². The van der Waals surface area contributed by atoms with Gasteiger partial charge in [-0.2, -0.15) is 0 Å². The highest BCUT2D eigenvalue weighted by Crippen LogP contribution is 2.20. The fourth-order valence-corrected chi connectivity index (χ4v) is 1.61. The first-order valence-electron chi connectivity index (χ1n) is 6.56. The van der Waals surface area contributed by atoms with Crippen LogP contribution < -0.4 is 10.1 Å². The second kappa shape index (κ2) is 6.60. The van der Waals surface area contributed by atoms with Gasteiger partial charge in [0.2, 0.25) is 0 Å². The summed E-state index contributed by atoms with van der Waals surface area (Å²) in [5.41, 5.74) is 1.25. The first-order valence-corrected chi connectivity index (χ1v) is 6.56. The Labute approximate surface area is 111 Å². The normalized spacial score (nSPS) is 13.8. The zero-order valence-corrected chi connectivity index (χ0v) is 12.2. The third kappa shape index (κ3) is 5.37. The van der Waals surface area contributed by atoms with Crippen molar-refractivity contribution in [3.63, 3.8) is 0 Å². The maximum absolute atomic E-state index is 5.98. The highest BCUT2D eigenvalue weighted by Gasteiger charge is 2.12. The number of ether oxygens (including phenoxy) is 1. The lowest BCUT2D eigenvalue weighted by Gasteiger charge is -2.24. The predicted octanol–water partition coefficient (Wildman–Crippen LogP) is 3.88. The summed E-state index contributed by atoms with van der Waals surface area (Å²) in [6.45, 7) is 11.4. The lowest BCUT2D eigenvalue weighted by atomic mass is 10.1. The molecule has 1 rings (SSSR count). The average Bonchev–Trinajstić information content (AvgIpc) is 2.29. The summed E-state index contributed by atoms with van der Waals surface area (Å²) in [6, 6.07) is 8.12. The molecule has 0 spiro atoms. The van der Waals surface area contributed by atoms with E-state index in [1.54, 1.807) is 0 Å². The van der Waals surface area contributed by atoms with Crippen LogP contribution in [0.4, 0.5) is 0 Å². The van der Waals surface area contributed by atoms with Gasteiger partial charge in [0.15, 0.2) is 0 Å². The van der Waals surface area contributed by atoms with Gasteiger partial charge in [0, 0.05) is 17.6 Å². The standard InChI is InChI=1S/C16H25NO/c1-6-9-14-10-7-8-11-15(14)18-13(2)12-17-16(3,4)5/h6-11,13,17H,12H2,1-5H3. The van der Waals surface area contributed by atoms with Crippen molar-refractivity contribution in [1.29, 1.82) is 0 Å². The molecule has 2 heteroatoms. The van der Waals surface area contributed by atoms with Crippen LogP contribution in [0.5, 0.6) is 5.75 Å². The molecule has 0 saturated carbocycles. The zero-order chi connectivity index (χ0) is 13.6. The van der Waals surface area contributed by atoms with Crippen LogP contribution in [0, 0.1) is 0 Å². The van der Waals surface area contributed by atoms with E-state index in [2.05, 4.69) is 45.2 Å². The molecule has 18 heavy (non-hydrogen) atoms. The first-order chi connectivity index (χ1) is 8.42. The van der Waals surface area contributed by atoms with Gasteiger partial charge in [-0.3, -0.25) is 0 Å². The van der Waals surface area contributed by atoms with Crippen molar-refractivity contribution in [3.05, 3.63) is 35.9 Å². The molecule has 0 amide bonds. The van der Waals surface area contributed by atoms with Crippen molar-refractivity contribution < 1.29 is 4.74 Å². The van der Waals surface area contributed by atoms with E-state index < -0.39 is 0 Å². The molecular weight excluding hydrogens is 222 g/mol. The Bertz CT molecular complexity index is 390. The SMILES string of the molecule is CC=Cc1ccccc1OC(C)CNC(C)(C)C. The van der Waals surface area contributed by atoms with E-state index in [4.69, 9.17) is 4.74 Å². The van der Waals surface area contributed by atoms with Gasteiger partial charge in [0.25, 0.3) is 0 Å². The topological polar surface area (TPSA) is 21.3 Å². The fourth-order valence-electron chi connectivity index (χ4n) is 1.61. The van der Waals surface area contributed by atoms with Crippen LogP contribution in [0.25, 0.3) is 6.08 Å². The maximum atomic E-state index is 5.98. The van der Waals surface area contributed by atoms with Gasteiger partial charge in [-0.25, -0.2) is 0 Å². The van der Waals surface area contributed by atoms with Crippen LogP contribution in [0.2, 0.25) is 0 Å². The molecule has 0 aliphatic carbocycles. The van der Waals surface area contributed by atoms with Gasteiger partial charge in [0.05, 0.1) is 0 Å². The number of hydrogen-bond acceptors (Lipinski definition) is 2. The van der Waals surface area contributed by atoms with Crippen LogP contribution in [0.15, 0.2) is 30.3 Å². The van der Waals surface area contributed by atoms with Crippen molar-refractivity contribution in [2.75, 3.05) is 6.54 Å². The second-order valence-corrected chi connectivity index (χ2v) is 5.60. The number of para-hydroxylation sites is 1. The van der Waals surface area contributed by atoms with Crippen LogP contribution in [-0.4, -0.2) is 18.2 Å². The maximum Gasteiger partial charge on any atom is 0.126 e. The highest BCUT2D eigenvalue weighted by atomic mass is 16.5. The summed E-state index contributed by atoms with van der Waals surface area (Å²) in [4.78, 5) is 0. The van der Waals surface area contributed by atoms with E-state index >= 15 is 0 Å². The third-order valence-electron chi connectivity index (χ3n) is 2.51.